The minimum absolute atomic E-state index is 0.00234. The van der Waals surface area contributed by atoms with Gasteiger partial charge in [0.25, 0.3) is 0 Å². The highest BCUT2D eigenvalue weighted by Crippen LogP contribution is 2.33. The van der Waals surface area contributed by atoms with Gasteiger partial charge in [0.15, 0.2) is 0 Å². The number of rotatable bonds is 4. The molecule has 156 valence electrons. The lowest BCUT2D eigenvalue weighted by atomic mass is 9.93. The molecule has 1 aliphatic rings. The maximum atomic E-state index is 12.9. The average molecular weight is 403 g/mol. The normalized spacial score (nSPS) is 16.4. The summed E-state index contributed by atoms with van der Waals surface area (Å²) in [6.45, 7) is 4.14. The van der Waals surface area contributed by atoms with Gasteiger partial charge < -0.3 is 15.1 Å². The number of aromatic nitrogens is 1. The second-order valence-electron chi connectivity index (χ2n) is 8.31. The molecule has 0 spiro atoms. The molecule has 0 saturated carbocycles. The topological polar surface area (TPSA) is 48.5 Å². The number of benzene rings is 2. The number of amides is 2. The highest BCUT2D eigenvalue weighted by molar-refractivity contribution is 5.98. The van der Waals surface area contributed by atoms with Crippen LogP contribution in [-0.2, 0) is 0 Å². The van der Waals surface area contributed by atoms with Crippen molar-refractivity contribution in [2.45, 2.75) is 31.8 Å². The molecule has 2 amide bonds. The molecular formula is C25H30N4O. The quantitative estimate of drug-likeness (QED) is 0.688. The Morgan fingerprint density at radius 1 is 1.10 bits per heavy atom. The van der Waals surface area contributed by atoms with E-state index in [-0.39, 0.29) is 12.1 Å². The molecular weight excluding hydrogens is 372 g/mol. The van der Waals surface area contributed by atoms with E-state index in [1.54, 1.807) is 6.20 Å². The molecule has 1 atom stereocenters. The van der Waals surface area contributed by atoms with Crippen LogP contribution in [0.4, 0.5) is 4.79 Å². The van der Waals surface area contributed by atoms with Crippen LogP contribution < -0.4 is 5.32 Å². The first-order valence-corrected chi connectivity index (χ1v) is 10.7. The third-order valence-electron chi connectivity index (χ3n) is 6.29. The van der Waals surface area contributed by atoms with Gasteiger partial charge in [-0.2, -0.15) is 0 Å². The van der Waals surface area contributed by atoms with Crippen molar-refractivity contribution in [2.75, 3.05) is 27.2 Å². The molecule has 1 fully saturated rings. The molecule has 0 aliphatic carbocycles. The molecule has 3 aromatic rings. The Hall–Kier alpha value is -2.92. The van der Waals surface area contributed by atoms with E-state index < -0.39 is 0 Å². The fourth-order valence-corrected chi connectivity index (χ4v) is 4.39. The van der Waals surface area contributed by atoms with Crippen molar-refractivity contribution < 1.29 is 4.79 Å². The van der Waals surface area contributed by atoms with Crippen LogP contribution in [0, 0.1) is 0 Å². The maximum absolute atomic E-state index is 12.9. The van der Waals surface area contributed by atoms with Crippen molar-refractivity contribution in [3.8, 4) is 11.1 Å². The Kier molecular flexibility index (Phi) is 6.00. The van der Waals surface area contributed by atoms with Gasteiger partial charge in [0.1, 0.15) is 0 Å². The van der Waals surface area contributed by atoms with Gasteiger partial charge in [-0.1, -0.05) is 42.5 Å². The van der Waals surface area contributed by atoms with Gasteiger partial charge in [-0.25, -0.2) is 4.79 Å². The third kappa shape index (κ3) is 4.17. The Balaban J connectivity index is 1.56. The zero-order valence-electron chi connectivity index (χ0n) is 18.0. The van der Waals surface area contributed by atoms with Gasteiger partial charge in [0, 0.05) is 31.0 Å². The summed E-state index contributed by atoms with van der Waals surface area (Å²) in [5.41, 5.74) is 3.38. The molecule has 1 unspecified atom stereocenters. The van der Waals surface area contributed by atoms with Crippen molar-refractivity contribution in [3.05, 3.63) is 66.5 Å². The number of pyridine rings is 1. The summed E-state index contributed by atoms with van der Waals surface area (Å²) >= 11 is 0. The van der Waals surface area contributed by atoms with Crippen molar-refractivity contribution in [2.24, 2.45) is 0 Å². The predicted octanol–water partition coefficient (Wildman–Crippen LogP) is 4.70. The lowest BCUT2D eigenvalue weighted by Gasteiger charge is -2.35. The molecule has 0 radical (unpaired) electrons. The first-order valence-electron chi connectivity index (χ1n) is 10.7. The zero-order valence-corrected chi connectivity index (χ0v) is 18.0. The van der Waals surface area contributed by atoms with Crippen LogP contribution in [-0.4, -0.2) is 54.0 Å². The Labute approximate surface area is 178 Å². The highest BCUT2D eigenvalue weighted by Gasteiger charge is 2.25. The van der Waals surface area contributed by atoms with Gasteiger partial charge in [-0.3, -0.25) is 4.98 Å². The number of carbonyl (C=O) groups is 1. The fraction of sp³-hybridized carbons (Fsp3) is 0.360. The molecule has 0 bridgehead atoms. The SMILES string of the molecule is CC(NC(=O)N(C)C1CCN(C)CC1)c1ccc(-c2cccnc2)c2ccccc12. The van der Waals surface area contributed by atoms with Crippen LogP contribution >= 0.6 is 0 Å². The molecule has 5 heteroatoms. The van der Waals surface area contributed by atoms with E-state index in [1.807, 2.05) is 24.2 Å². The van der Waals surface area contributed by atoms with Gasteiger partial charge in [-0.15, -0.1) is 0 Å². The van der Waals surface area contributed by atoms with Crippen LogP contribution in [0.5, 0.6) is 0 Å². The first kappa shape index (κ1) is 20.4. The van der Waals surface area contributed by atoms with Gasteiger partial charge in [-0.05, 0) is 67.9 Å². The number of likely N-dealkylation sites (tertiary alicyclic amines) is 1. The summed E-state index contributed by atoms with van der Waals surface area (Å²) in [7, 11) is 4.06. The molecule has 4 rings (SSSR count). The van der Waals surface area contributed by atoms with Gasteiger partial charge >= 0.3 is 6.03 Å². The van der Waals surface area contributed by atoms with E-state index in [2.05, 4.69) is 71.6 Å². The van der Waals surface area contributed by atoms with E-state index in [9.17, 15) is 4.79 Å². The summed E-state index contributed by atoms with van der Waals surface area (Å²) in [5.74, 6) is 0. The van der Waals surface area contributed by atoms with Crippen LogP contribution in [0.25, 0.3) is 21.9 Å². The smallest absolute Gasteiger partial charge is 0.317 e. The molecule has 5 nitrogen and oxygen atoms in total. The first-order chi connectivity index (χ1) is 14.5. The fourth-order valence-electron chi connectivity index (χ4n) is 4.39. The molecule has 1 aliphatic heterocycles. The van der Waals surface area contributed by atoms with E-state index in [1.165, 1.54) is 5.39 Å². The van der Waals surface area contributed by atoms with Gasteiger partial charge in [0.05, 0.1) is 6.04 Å². The van der Waals surface area contributed by atoms with Crippen molar-refractivity contribution >= 4 is 16.8 Å². The van der Waals surface area contributed by atoms with Crippen molar-refractivity contribution in [1.29, 1.82) is 0 Å². The Morgan fingerprint density at radius 3 is 2.53 bits per heavy atom. The summed E-state index contributed by atoms with van der Waals surface area (Å²) in [6, 6.07) is 16.9. The van der Waals surface area contributed by atoms with E-state index in [4.69, 9.17) is 0 Å². The number of piperidine rings is 1. The number of hydrogen-bond acceptors (Lipinski definition) is 3. The number of nitrogens with one attached hydrogen (secondary N) is 1. The van der Waals surface area contributed by atoms with E-state index >= 15 is 0 Å². The highest BCUT2D eigenvalue weighted by atomic mass is 16.2. The monoisotopic (exact) mass is 402 g/mol. The minimum atomic E-state index is -0.0842. The minimum Gasteiger partial charge on any atom is -0.331 e. The van der Waals surface area contributed by atoms with Crippen LogP contribution in [0.15, 0.2) is 60.9 Å². The van der Waals surface area contributed by atoms with Crippen molar-refractivity contribution in [3.63, 3.8) is 0 Å². The molecule has 2 aromatic carbocycles. The second kappa shape index (κ2) is 8.84. The number of hydrogen-bond donors (Lipinski definition) is 1. The molecule has 30 heavy (non-hydrogen) atoms. The molecule has 1 saturated heterocycles. The van der Waals surface area contributed by atoms with Crippen LogP contribution in [0.1, 0.15) is 31.4 Å². The standard InChI is InChI=1S/C25H30N4O/c1-18(27-25(30)29(3)20-12-15-28(2)16-13-20)21-10-11-22(19-7-6-14-26-17-19)24-9-5-4-8-23(21)24/h4-11,14,17-18,20H,12-13,15-16H2,1-3H3,(H,27,30). The lowest BCUT2D eigenvalue weighted by Crippen LogP contribution is -2.48. The van der Waals surface area contributed by atoms with Crippen molar-refractivity contribution in [1.82, 2.24) is 20.1 Å². The second-order valence-corrected chi connectivity index (χ2v) is 8.31. The lowest BCUT2D eigenvalue weighted by molar-refractivity contribution is 0.146. The van der Waals surface area contributed by atoms with E-state index in [0.717, 1.165) is 48.0 Å². The predicted molar refractivity (Wildman–Crippen MR) is 122 cm³/mol. The number of nitrogens with zero attached hydrogens (tertiary/aromatic N) is 3. The summed E-state index contributed by atoms with van der Waals surface area (Å²) in [4.78, 5) is 21.4. The third-order valence-corrected chi connectivity index (χ3v) is 6.29. The number of urea groups is 1. The van der Waals surface area contributed by atoms with E-state index in [0.29, 0.717) is 6.04 Å². The Morgan fingerprint density at radius 2 is 1.83 bits per heavy atom. The van der Waals surface area contributed by atoms with Crippen LogP contribution in [0.2, 0.25) is 0 Å². The number of fused-ring (bicyclic) bond motifs is 1. The number of carbonyl (C=O) groups excluding carboxylic acids is 1. The molecule has 1 aromatic heterocycles. The average Bonchev–Trinajstić information content (AvgIpc) is 2.79. The van der Waals surface area contributed by atoms with Crippen LogP contribution in [0.3, 0.4) is 0 Å². The summed E-state index contributed by atoms with van der Waals surface area (Å²) < 4.78 is 0. The zero-order chi connectivity index (χ0) is 21.1. The summed E-state index contributed by atoms with van der Waals surface area (Å²) in [6.07, 6.45) is 5.73. The Bertz CT molecular complexity index is 1010. The summed E-state index contributed by atoms with van der Waals surface area (Å²) in [5, 5.41) is 5.55. The largest absolute Gasteiger partial charge is 0.331 e. The molecule has 1 N–H and O–H groups in total. The molecule has 2 heterocycles. The van der Waals surface area contributed by atoms with Gasteiger partial charge in [0.2, 0.25) is 0 Å². The maximum Gasteiger partial charge on any atom is 0.317 e.